The maximum atomic E-state index is 6.39. The molecule has 0 aliphatic rings. The van der Waals surface area contributed by atoms with Gasteiger partial charge in [-0.2, -0.15) is 5.10 Å². The number of hydrogen-bond acceptors (Lipinski definition) is 3. The quantitative estimate of drug-likeness (QED) is 0.790. The van der Waals surface area contributed by atoms with E-state index in [1.807, 2.05) is 18.7 Å². The molecule has 1 aromatic heterocycles. The topological polar surface area (TPSA) is 39.1 Å². The highest BCUT2D eigenvalue weighted by Gasteiger charge is 2.18. The zero-order chi connectivity index (χ0) is 13.5. The summed E-state index contributed by atoms with van der Waals surface area (Å²) in [6.07, 6.45) is 1.71. The first-order valence-corrected chi connectivity index (χ1v) is 7.04. The van der Waals surface area contributed by atoms with Gasteiger partial charge in [0.1, 0.15) is 0 Å². The summed E-state index contributed by atoms with van der Waals surface area (Å²) in [5.74, 6) is 0. The van der Waals surface area contributed by atoms with Crippen molar-refractivity contribution in [2.75, 3.05) is 20.3 Å². The number of aromatic nitrogens is 2. The third kappa shape index (κ3) is 3.70. The highest BCUT2D eigenvalue weighted by Crippen LogP contribution is 2.22. The molecular formula is C13H24ClN3O. The smallest absolute Gasteiger partial charge is 0.0850 e. The van der Waals surface area contributed by atoms with Gasteiger partial charge in [-0.05, 0) is 27.3 Å². The molecule has 0 aromatic carbocycles. The molecule has 1 aromatic rings. The Kier molecular flexibility index (Phi) is 6.68. The Hall–Kier alpha value is -0.580. The minimum absolute atomic E-state index is 0.272. The molecule has 0 spiro atoms. The van der Waals surface area contributed by atoms with E-state index in [4.69, 9.17) is 16.3 Å². The summed E-state index contributed by atoms with van der Waals surface area (Å²) in [4.78, 5) is 0. The minimum atomic E-state index is 0.272. The molecular weight excluding hydrogens is 250 g/mol. The summed E-state index contributed by atoms with van der Waals surface area (Å²) in [6, 6.07) is 0.272. The summed E-state index contributed by atoms with van der Waals surface area (Å²) in [5, 5.41) is 8.61. The van der Waals surface area contributed by atoms with E-state index < -0.39 is 0 Å². The first kappa shape index (κ1) is 15.5. The lowest BCUT2D eigenvalue weighted by Gasteiger charge is -2.16. The molecule has 0 aliphatic carbocycles. The van der Waals surface area contributed by atoms with Gasteiger partial charge in [0.15, 0.2) is 0 Å². The van der Waals surface area contributed by atoms with Crippen LogP contribution in [0.15, 0.2) is 0 Å². The molecule has 0 radical (unpaired) electrons. The van der Waals surface area contributed by atoms with Gasteiger partial charge in [0.2, 0.25) is 0 Å². The summed E-state index contributed by atoms with van der Waals surface area (Å²) < 4.78 is 7.47. The molecule has 1 heterocycles. The molecule has 1 rings (SSSR count). The van der Waals surface area contributed by atoms with E-state index in [1.54, 1.807) is 0 Å². The van der Waals surface area contributed by atoms with Gasteiger partial charge in [0.25, 0.3) is 0 Å². The van der Waals surface area contributed by atoms with E-state index in [1.165, 1.54) is 0 Å². The predicted octanol–water partition coefficient (Wildman–Crippen LogP) is 2.29. The first-order chi connectivity index (χ1) is 8.67. The van der Waals surface area contributed by atoms with Gasteiger partial charge in [0, 0.05) is 25.6 Å². The second-order valence-electron chi connectivity index (χ2n) is 4.23. The van der Waals surface area contributed by atoms with E-state index in [-0.39, 0.29) is 6.04 Å². The van der Waals surface area contributed by atoms with Crippen LogP contribution in [-0.2, 0) is 24.1 Å². The number of nitrogens with one attached hydrogen (secondary N) is 1. The molecule has 4 nitrogen and oxygen atoms in total. The lowest BCUT2D eigenvalue weighted by Crippen LogP contribution is -2.33. The monoisotopic (exact) mass is 273 g/mol. The number of halogens is 1. The van der Waals surface area contributed by atoms with Crippen LogP contribution >= 0.6 is 11.6 Å². The zero-order valence-electron chi connectivity index (χ0n) is 11.8. The molecule has 0 saturated heterocycles. The Labute approximate surface area is 115 Å². The maximum Gasteiger partial charge on any atom is 0.0850 e. The summed E-state index contributed by atoms with van der Waals surface area (Å²) >= 11 is 6.39. The average Bonchev–Trinajstić information content (AvgIpc) is 2.70. The number of hydrogen-bond donors (Lipinski definition) is 1. The lowest BCUT2D eigenvalue weighted by molar-refractivity contribution is 0.124. The maximum absolute atomic E-state index is 6.39. The van der Waals surface area contributed by atoms with E-state index in [2.05, 4.69) is 24.3 Å². The number of nitrogens with zero attached hydrogens (tertiary/aromatic N) is 2. The Morgan fingerprint density at radius 2 is 2.11 bits per heavy atom. The van der Waals surface area contributed by atoms with Crippen molar-refractivity contribution in [2.45, 2.75) is 46.2 Å². The Balaban J connectivity index is 2.83. The standard InChI is InChI=1S/C13H24ClN3O/c1-5-11-13(14)12(17(6-2)16-11)8-10(15-4)9-18-7-3/h10,15H,5-9H2,1-4H3. The SMILES string of the molecule is CCOCC(Cc1c(Cl)c(CC)nn1CC)NC. The van der Waals surface area contributed by atoms with Crippen molar-refractivity contribution in [1.29, 1.82) is 0 Å². The van der Waals surface area contributed by atoms with E-state index in [0.29, 0.717) is 6.61 Å². The summed E-state index contributed by atoms with van der Waals surface area (Å²) in [6.45, 7) is 8.45. The Morgan fingerprint density at radius 3 is 2.61 bits per heavy atom. The molecule has 1 atom stereocenters. The molecule has 1 unspecified atom stereocenters. The van der Waals surface area contributed by atoms with Crippen LogP contribution in [0.3, 0.4) is 0 Å². The van der Waals surface area contributed by atoms with E-state index in [0.717, 1.165) is 42.4 Å². The number of aryl methyl sites for hydroxylation is 2. The fraction of sp³-hybridized carbons (Fsp3) is 0.769. The van der Waals surface area contributed by atoms with Crippen molar-refractivity contribution >= 4 is 11.6 Å². The van der Waals surface area contributed by atoms with Crippen LogP contribution in [0.5, 0.6) is 0 Å². The Bertz CT molecular complexity index is 365. The minimum Gasteiger partial charge on any atom is -0.380 e. The second kappa shape index (κ2) is 7.77. The van der Waals surface area contributed by atoms with E-state index >= 15 is 0 Å². The van der Waals surface area contributed by atoms with Crippen molar-refractivity contribution in [2.24, 2.45) is 0 Å². The zero-order valence-corrected chi connectivity index (χ0v) is 12.5. The number of likely N-dealkylation sites (N-methyl/N-ethyl adjacent to an activating group) is 1. The molecule has 0 aliphatic heterocycles. The van der Waals surface area contributed by atoms with Crippen molar-refractivity contribution < 1.29 is 4.74 Å². The molecule has 104 valence electrons. The van der Waals surface area contributed by atoms with Crippen LogP contribution in [0.2, 0.25) is 5.02 Å². The third-order valence-corrected chi connectivity index (χ3v) is 3.50. The molecule has 5 heteroatoms. The lowest BCUT2D eigenvalue weighted by atomic mass is 10.1. The van der Waals surface area contributed by atoms with Gasteiger partial charge >= 0.3 is 0 Å². The fourth-order valence-electron chi connectivity index (χ4n) is 1.95. The van der Waals surface area contributed by atoms with Gasteiger partial charge in [-0.1, -0.05) is 18.5 Å². The van der Waals surface area contributed by atoms with Crippen LogP contribution in [0.4, 0.5) is 0 Å². The number of ether oxygens (including phenoxy) is 1. The van der Waals surface area contributed by atoms with Crippen LogP contribution < -0.4 is 5.32 Å². The second-order valence-corrected chi connectivity index (χ2v) is 4.60. The van der Waals surface area contributed by atoms with Crippen molar-refractivity contribution in [3.05, 3.63) is 16.4 Å². The van der Waals surface area contributed by atoms with Gasteiger partial charge in [0.05, 0.1) is 23.0 Å². The average molecular weight is 274 g/mol. The van der Waals surface area contributed by atoms with Crippen LogP contribution in [0.1, 0.15) is 32.2 Å². The van der Waals surface area contributed by atoms with E-state index in [9.17, 15) is 0 Å². The fourth-order valence-corrected chi connectivity index (χ4v) is 2.30. The number of rotatable bonds is 8. The van der Waals surface area contributed by atoms with Gasteiger partial charge < -0.3 is 10.1 Å². The molecule has 0 bridgehead atoms. The van der Waals surface area contributed by atoms with Crippen LogP contribution in [0, 0.1) is 0 Å². The van der Waals surface area contributed by atoms with Gasteiger partial charge in [-0.25, -0.2) is 0 Å². The summed E-state index contributed by atoms with van der Waals surface area (Å²) in [5.41, 5.74) is 2.09. The highest BCUT2D eigenvalue weighted by atomic mass is 35.5. The highest BCUT2D eigenvalue weighted by molar-refractivity contribution is 6.31. The van der Waals surface area contributed by atoms with Crippen LogP contribution in [-0.4, -0.2) is 36.1 Å². The Morgan fingerprint density at radius 1 is 1.39 bits per heavy atom. The first-order valence-electron chi connectivity index (χ1n) is 6.66. The summed E-state index contributed by atoms with van der Waals surface area (Å²) in [7, 11) is 1.95. The molecule has 0 fully saturated rings. The van der Waals surface area contributed by atoms with Crippen LogP contribution in [0.25, 0.3) is 0 Å². The van der Waals surface area contributed by atoms with Crippen molar-refractivity contribution in [3.63, 3.8) is 0 Å². The predicted molar refractivity (Wildman–Crippen MR) is 75.3 cm³/mol. The van der Waals surface area contributed by atoms with Gasteiger partial charge in [-0.3, -0.25) is 4.68 Å². The normalized spacial score (nSPS) is 12.9. The molecule has 0 saturated carbocycles. The third-order valence-electron chi connectivity index (χ3n) is 3.07. The molecule has 0 amide bonds. The van der Waals surface area contributed by atoms with Crippen molar-refractivity contribution in [1.82, 2.24) is 15.1 Å². The molecule has 18 heavy (non-hydrogen) atoms. The molecule has 1 N–H and O–H groups in total. The largest absolute Gasteiger partial charge is 0.380 e. The van der Waals surface area contributed by atoms with Gasteiger partial charge in [-0.15, -0.1) is 0 Å². The van der Waals surface area contributed by atoms with Crippen molar-refractivity contribution in [3.8, 4) is 0 Å².